The molecule has 0 amide bonds. The topological polar surface area (TPSA) is 89.1 Å². The van der Waals surface area contributed by atoms with Crippen LogP contribution in [0.1, 0.15) is 61.6 Å². The Morgan fingerprint density at radius 1 is 1.24 bits per heavy atom. The molecule has 0 saturated heterocycles. The molecule has 1 N–H and O–H groups in total. The highest BCUT2D eigenvalue weighted by Crippen LogP contribution is 2.22. The Balaban J connectivity index is 2.47. The fourth-order valence-corrected chi connectivity index (χ4v) is 3.31. The van der Waals surface area contributed by atoms with Gasteiger partial charge in [0.2, 0.25) is 0 Å². The number of halogens is 1. The van der Waals surface area contributed by atoms with E-state index in [1.165, 1.54) is 26.2 Å². The van der Waals surface area contributed by atoms with Gasteiger partial charge in [0.05, 0.1) is 12.3 Å². The van der Waals surface area contributed by atoms with Crippen molar-refractivity contribution in [3.05, 3.63) is 11.4 Å². The molecular weight excluding hydrogens is 316 g/mol. The normalized spacial score (nSPS) is 11.6. The molecule has 0 unspecified atom stereocenters. The average molecular weight is 337 g/mol. The van der Waals surface area contributed by atoms with Crippen LogP contribution in [-0.4, -0.2) is 31.2 Å². The fourth-order valence-electron chi connectivity index (χ4n) is 1.97. The van der Waals surface area contributed by atoms with E-state index in [0.29, 0.717) is 0 Å². The Kier molecular flexibility index (Phi) is 7.17. The van der Waals surface area contributed by atoms with Crippen molar-refractivity contribution in [2.24, 2.45) is 0 Å². The SMILES string of the molecule is CCCCCCCCOC(=O)c1n[nH]c(C)c1S(=O)(=O)Cl. The number of H-pyrrole nitrogens is 1. The number of esters is 1. The first kappa shape index (κ1) is 18.0. The molecule has 1 heterocycles. The number of nitrogens with zero attached hydrogens (tertiary/aromatic N) is 1. The number of unbranched alkanes of at least 4 members (excludes halogenated alkanes) is 5. The molecule has 0 aromatic carbocycles. The molecule has 1 aromatic heterocycles. The highest BCUT2D eigenvalue weighted by molar-refractivity contribution is 8.13. The third-order valence-electron chi connectivity index (χ3n) is 3.06. The fraction of sp³-hybridized carbons (Fsp3) is 0.692. The first-order valence-corrected chi connectivity index (χ1v) is 9.35. The zero-order chi connectivity index (χ0) is 15.9. The second kappa shape index (κ2) is 8.38. The van der Waals surface area contributed by atoms with Crippen LogP contribution < -0.4 is 0 Å². The standard InChI is InChI=1S/C13H21ClN2O4S/c1-3-4-5-6-7-8-9-20-13(17)11-12(21(14,18)19)10(2)15-16-11/h3-9H2,1-2H3,(H,15,16). The van der Waals surface area contributed by atoms with Crippen LogP contribution in [0.15, 0.2) is 4.90 Å². The number of aryl methyl sites for hydroxylation is 1. The number of aromatic amines is 1. The molecule has 0 saturated carbocycles. The minimum atomic E-state index is -4.03. The van der Waals surface area contributed by atoms with Crippen LogP contribution in [0.4, 0.5) is 0 Å². The van der Waals surface area contributed by atoms with Crippen molar-refractivity contribution >= 4 is 25.7 Å². The first-order chi connectivity index (χ1) is 9.88. The van der Waals surface area contributed by atoms with Crippen LogP contribution in [0.3, 0.4) is 0 Å². The lowest BCUT2D eigenvalue weighted by Gasteiger charge is -2.04. The number of hydrogen-bond donors (Lipinski definition) is 1. The van der Waals surface area contributed by atoms with E-state index in [4.69, 9.17) is 15.4 Å². The molecule has 6 nitrogen and oxygen atoms in total. The summed E-state index contributed by atoms with van der Waals surface area (Å²) >= 11 is 0. The average Bonchev–Trinajstić information content (AvgIpc) is 2.79. The van der Waals surface area contributed by atoms with Gasteiger partial charge in [-0.2, -0.15) is 5.10 Å². The molecule has 0 aliphatic heterocycles. The molecule has 8 heteroatoms. The van der Waals surface area contributed by atoms with Gasteiger partial charge in [-0.25, -0.2) is 13.2 Å². The summed E-state index contributed by atoms with van der Waals surface area (Å²) in [6.07, 6.45) is 6.41. The molecule has 0 radical (unpaired) electrons. The minimum absolute atomic E-state index is 0.219. The van der Waals surface area contributed by atoms with E-state index in [1.54, 1.807) is 0 Å². The lowest BCUT2D eigenvalue weighted by Crippen LogP contribution is -2.10. The Morgan fingerprint density at radius 3 is 2.48 bits per heavy atom. The van der Waals surface area contributed by atoms with Crippen molar-refractivity contribution in [3.63, 3.8) is 0 Å². The predicted molar refractivity (Wildman–Crippen MR) is 80.0 cm³/mol. The maximum atomic E-state index is 11.8. The van der Waals surface area contributed by atoms with Crippen LogP contribution in [0.25, 0.3) is 0 Å². The number of rotatable bonds is 9. The molecule has 1 rings (SSSR count). The van der Waals surface area contributed by atoms with E-state index in [0.717, 1.165) is 19.3 Å². The third-order valence-corrected chi connectivity index (χ3v) is 4.51. The molecule has 1 aromatic rings. The van der Waals surface area contributed by atoms with Crippen LogP contribution in [0.5, 0.6) is 0 Å². The summed E-state index contributed by atoms with van der Waals surface area (Å²) in [5.74, 6) is -0.771. The maximum Gasteiger partial charge on any atom is 0.360 e. The summed E-state index contributed by atoms with van der Waals surface area (Å²) < 4.78 is 27.9. The Hall–Kier alpha value is -1.08. The summed E-state index contributed by atoms with van der Waals surface area (Å²) in [7, 11) is 1.26. The Morgan fingerprint density at radius 2 is 1.86 bits per heavy atom. The van der Waals surface area contributed by atoms with Crippen molar-refractivity contribution in [2.75, 3.05) is 6.61 Å². The van der Waals surface area contributed by atoms with Gasteiger partial charge in [0.1, 0.15) is 4.90 Å². The minimum Gasteiger partial charge on any atom is -0.461 e. The molecular formula is C13H21ClN2O4S. The zero-order valence-electron chi connectivity index (χ0n) is 12.3. The summed E-state index contributed by atoms with van der Waals surface area (Å²) in [5.41, 5.74) is -0.0648. The zero-order valence-corrected chi connectivity index (χ0v) is 13.9. The van der Waals surface area contributed by atoms with Gasteiger partial charge in [0, 0.05) is 10.7 Å². The predicted octanol–water partition coefficient (Wildman–Crippen LogP) is 3.16. The van der Waals surface area contributed by atoms with Gasteiger partial charge < -0.3 is 4.74 Å². The summed E-state index contributed by atoms with van der Waals surface area (Å²) in [6.45, 7) is 3.88. The number of nitrogens with one attached hydrogen (secondary N) is 1. The van der Waals surface area contributed by atoms with Gasteiger partial charge in [-0.3, -0.25) is 5.10 Å². The van der Waals surface area contributed by atoms with Crippen molar-refractivity contribution in [1.82, 2.24) is 10.2 Å². The number of ether oxygens (including phenoxy) is 1. The Labute approximate surface area is 129 Å². The lowest BCUT2D eigenvalue weighted by atomic mass is 10.1. The van der Waals surface area contributed by atoms with Crippen molar-refractivity contribution in [1.29, 1.82) is 0 Å². The number of carbonyl (C=O) groups is 1. The second-order valence-corrected chi connectivity index (χ2v) is 7.37. The molecule has 21 heavy (non-hydrogen) atoms. The van der Waals surface area contributed by atoms with Crippen molar-refractivity contribution < 1.29 is 17.9 Å². The lowest BCUT2D eigenvalue weighted by molar-refractivity contribution is 0.0486. The second-order valence-electron chi connectivity index (χ2n) is 4.87. The molecule has 0 fully saturated rings. The van der Waals surface area contributed by atoms with E-state index in [2.05, 4.69) is 17.1 Å². The van der Waals surface area contributed by atoms with Crippen LogP contribution >= 0.6 is 10.7 Å². The molecule has 0 spiro atoms. The van der Waals surface area contributed by atoms with Gasteiger partial charge in [0.25, 0.3) is 9.05 Å². The maximum absolute atomic E-state index is 11.8. The highest BCUT2D eigenvalue weighted by atomic mass is 35.7. The van der Waals surface area contributed by atoms with E-state index in [1.807, 2.05) is 0 Å². The summed E-state index contributed by atoms with van der Waals surface area (Å²) in [4.78, 5) is 11.5. The third kappa shape index (κ3) is 5.67. The summed E-state index contributed by atoms with van der Waals surface area (Å²) in [5, 5.41) is 6.09. The van der Waals surface area contributed by atoms with Crippen LogP contribution in [0.2, 0.25) is 0 Å². The monoisotopic (exact) mass is 336 g/mol. The molecule has 120 valence electrons. The number of hydrogen-bond acceptors (Lipinski definition) is 5. The van der Waals surface area contributed by atoms with Crippen LogP contribution in [-0.2, 0) is 13.8 Å². The molecule has 0 atom stereocenters. The largest absolute Gasteiger partial charge is 0.461 e. The van der Waals surface area contributed by atoms with E-state index in [9.17, 15) is 13.2 Å². The Bertz CT molecular complexity index is 569. The van der Waals surface area contributed by atoms with Gasteiger partial charge in [-0.1, -0.05) is 39.0 Å². The molecule has 0 bridgehead atoms. The smallest absolute Gasteiger partial charge is 0.360 e. The van der Waals surface area contributed by atoms with Gasteiger partial charge in [-0.15, -0.1) is 0 Å². The van der Waals surface area contributed by atoms with E-state index < -0.39 is 15.0 Å². The van der Waals surface area contributed by atoms with E-state index in [-0.39, 0.29) is 22.9 Å². The van der Waals surface area contributed by atoms with Crippen molar-refractivity contribution in [2.45, 2.75) is 57.3 Å². The van der Waals surface area contributed by atoms with E-state index >= 15 is 0 Å². The van der Waals surface area contributed by atoms with Gasteiger partial charge >= 0.3 is 5.97 Å². The number of carbonyl (C=O) groups excluding carboxylic acids is 1. The molecule has 0 aliphatic rings. The summed E-state index contributed by atoms with van der Waals surface area (Å²) in [6, 6.07) is 0. The first-order valence-electron chi connectivity index (χ1n) is 7.04. The quantitative estimate of drug-likeness (QED) is 0.425. The number of aromatic nitrogens is 2. The highest BCUT2D eigenvalue weighted by Gasteiger charge is 2.27. The van der Waals surface area contributed by atoms with Gasteiger partial charge in [0.15, 0.2) is 5.69 Å². The van der Waals surface area contributed by atoms with Gasteiger partial charge in [-0.05, 0) is 13.3 Å². The van der Waals surface area contributed by atoms with Crippen LogP contribution in [0, 0.1) is 6.92 Å². The van der Waals surface area contributed by atoms with Crippen molar-refractivity contribution in [3.8, 4) is 0 Å². The molecule has 0 aliphatic carbocycles.